The molecule has 11 nitrogen and oxygen atoms in total. The van der Waals surface area contributed by atoms with Crippen molar-refractivity contribution in [1.29, 1.82) is 0 Å². The minimum absolute atomic E-state index is 0.00720. The second-order valence-electron chi connectivity index (χ2n) is 14.5. The molecule has 4 heterocycles. The molecule has 2 atom stereocenters. The van der Waals surface area contributed by atoms with Gasteiger partial charge in [-0.15, -0.1) is 0 Å². The van der Waals surface area contributed by atoms with Crippen molar-refractivity contribution in [3.63, 3.8) is 0 Å². The molecular formula is C37H42F2N6O5S. The summed E-state index contributed by atoms with van der Waals surface area (Å²) in [7, 11) is -4.62. The Bertz CT molecular complexity index is 2020. The molecule has 270 valence electrons. The van der Waals surface area contributed by atoms with Gasteiger partial charge in [-0.3, -0.25) is 9.78 Å². The van der Waals surface area contributed by atoms with E-state index in [4.69, 9.17) is 0 Å². The first kappa shape index (κ1) is 37.3. The molecule has 51 heavy (non-hydrogen) atoms. The van der Waals surface area contributed by atoms with Crippen molar-refractivity contribution in [3.05, 3.63) is 113 Å². The number of halogens is 2. The van der Waals surface area contributed by atoms with Crippen LogP contribution in [0.2, 0.25) is 0 Å². The molecule has 14 heteroatoms. The Morgan fingerprint density at radius 1 is 1.02 bits per heavy atom. The SMILES string of the molecule is CC(C)(C)c1ccnc(C(CC[C@@H]2CN(C(=O)O)C(C)(C)C2)Nc2cccc(S(=O)(=O)NC(=O)c3cc(Cc4ccccc4)c(F)nc3F)n2)c1. The number of carbonyl (C=O) groups is 2. The molecule has 0 aliphatic carbocycles. The lowest BCUT2D eigenvalue weighted by Crippen LogP contribution is -2.41. The zero-order valence-corrected chi connectivity index (χ0v) is 30.0. The number of sulfonamides is 1. The van der Waals surface area contributed by atoms with Crippen LogP contribution in [0, 0.1) is 17.8 Å². The molecule has 0 bridgehead atoms. The molecule has 1 aliphatic rings. The van der Waals surface area contributed by atoms with Gasteiger partial charge in [0, 0.05) is 30.3 Å². The van der Waals surface area contributed by atoms with Gasteiger partial charge in [0.15, 0.2) is 5.03 Å². The summed E-state index contributed by atoms with van der Waals surface area (Å²) in [6.45, 7) is 10.5. The first-order valence-electron chi connectivity index (χ1n) is 16.6. The molecule has 1 fully saturated rings. The average Bonchev–Trinajstić information content (AvgIpc) is 3.38. The van der Waals surface area contributed by atoms with Crippen molar-refractivity contribution >= 4 is 27.8 Å². The number of aromatic nitrogens is 3. The fraction of sp³-hybridized carbons (Fsp3) is 0.378. The predicted molar refractivity (Wildman–Crippen MR) is 188 cm³/mol. The van der Waals surface area contributed by atoms with Crippen LogP contribution in [0.25, 0.3) is 0 Å². The average molecular weight is 721 g/mol. The van der Waals surface area contributed by atoms with E-state index in [2.05, 4.69) is 41.0 Å². The molecule has 1 aromatic carbocycles. The van der Waals surface area contributed by atoms with E-state index in [-0.39, 0.29) is 29.1 Å². The third kappa shape index (κ3) is 9.04. The first-order valence-corrected chi connectivity index (χ1v) is 18.1. The second kappa shape index (κ2) is 14.7. The second-order valence-corrected chi connectivity index (χ2v) is 16.1. The number of carboxylic acid groups (broad SMARTS) is 1. The van der Waals surface area contributed by atoms with Crippen LogP contribution >= 0.6 is 0 Å². The summed E-state index contributed by atoms with van der Waals surface area (Å²) in [6, 6.07) is 17.4. The molecule has 0 spiro atoms. The van der Waals surface area contributed by atoms with Crippen molar-refractivity contribution in [2.45, 2.75) is 82.3 Å². The minimum atomic E-state index is -4.62. The normalized spacial score (nSPS) is 16.5. The van der Waals surface area contributed by atoms with E-state index in [0.717, 1.165) is 11.6 Å². The van der Waals surface area contributed by atoms with E-state index < -0.39 is 56.1 Å². The number of hydrogen-bond donors (Lipinski definition) is 3. The summed E-state index contributed by atoms with van der Waals surface area (Å²) in [6.07, 6.45) is 2.64. The van der Waals surface area contributed by atoms with E-state index in [1.807, 2.05) is 30.7 Å². The number of rotatable bonds is 11. The van der Waals surface area contributed by atoms with Gasteiger partial charge in [-0.05, 0) is 85.9 Å². The third-order valence-corrected chi connectivity index (χ3v) is 10.3. The Balaban J connectivity index is 1.37. The Morgan fingerprint density at radius 2 is 1.75 bits per heavy atom. The van der Waals surface area contributed by atoms with Gasteiger partial charge in [-0.2, -0.15) is 22.2 Å². The van der Waals surface area contributed by atoms with Gasteiger partial charge in [0.05, 0.1) is 17.3 Å². The molecule has 3 aromatic heterocycles. The van der Waals surface area contributed by atoms with Gasteiger partial charge >= 0.3 is 6.09 Å². The number of carbonyl (C=O) groups excluding carboxylic acids is 1. The number of amides is 2. The molecule has 3 N–H and O–H groups in total. The minimum Gasteiger partial charge on any atom is -0.465 e. The van der Waals surface area contributed by atoms with Crippen molar-refractivity contribution in [3.8, 4) is 0 Å². The molecule has 0 radical (unpaired) electrons. The summed E-state index contributed by atoms with van der Waals surface area (Å²) in [5, 5.41) is 12.5. The monoisotopic (exact) mass is 720 g/mol. The number of hydrogen-bond acceptors (Lipinski definition) is 8. The zero-order chi connectivity index (χ0) is 37.1. The maximum absolute atomic E-state index is 14.7. The van der Waals surface area contributed by atoms with Crippen molar-refractivity contribution in [1.82, 2.24) is 24.6 Å². The molecule has 1 saturated heterocycles. The smallest absolute Gasteiger partial charge is 0.407 e. The number of benzene rings is 1. The summed E-state index contributed by atoms with van der Waals surface area (Å²) >= 11 is 0. The van der Waals surface area contributed by atoms with E-state index in [9.17, 15) is 31.9 Å². The maximum Gasteiger partial charge on any atom is 0.407 e. The van der Waals surface area contributed by atoms with Crippen molar-refractivity contribution in [2.24, 2.45) is 5.92 Å². The topological polar surface area (TPSA) is 154 Å². The summed E-state index contributed by atoms with van der Waals surface area (Å²) in [5.41, 5.74) is 0.928. The highest BCUT2D eigenvalue weighted by Gasteiger charge is 2.41. The molecule has 4 aromatic rings. The summed E-state index contributed by atoms with van der Waals surface area (Å²) < 4.78 is 57.8. The number of nitrogens with one attached hydrogen (secondary N) is 2. The number of nitrogens with zero attached hydrogens (tertiary/aromatic N) is 4. The molecule has 2 amide bonds. The molecule has 1 unspecified atom stereocenters. The van der Waals surface area contributed by atoms with Gasteiger partial charge in [-0.25, -0.2) is 14.5 Å². The summed E-state index contributed by atoms with van der Waals surface area (Å²) in [5.74, 6) is -3.62. The summed E-state index contributed by atoms with van der Waals surface area (Å²) in [4.78, 5) is 38.5. The van der Waals surface area contributed by atoms with Crippen LogP contribution in [0.1, 0.15) is 92.7 Å². The first-order chi connectivity index (χ1) is 23.9. The van der Waals surface area contributed by atoms with Gasteiger partial charge in [0.1, 0.15) is 5.82 Å². The van der Waals surface area contributed by atoms with Crippen LogP contribution in [0.15, 0.2) is 78.0 Å². The lowest BCUT2D eigenvalue weighted by molar-refractivity contribution is 0.0975. The molecule has 5 rings (SSSR count). The fourth-order valence-electron chi connectivity index (χ4n) is 6.38. The largest absolute Gasteiger partial charge is 0.465 e. The Kier molecular flexibility index (Phi) is 10.7. The number of anilines is 1. The Hall–Kier alpha value is -4.98. The molecule has 0 saturated carbocycles. The molecule has 1 aliphatic heterocycles. The highest BCUT2D eigenvalue weighted by molar-refractivity contribution is 7.90. The van der Waals surface area contributed by atoms with Crippen LogP contribution in [-0.4, -0.2) is 57.5 Å². The van der Waals surface area contributed by atoms with Gasteiger partial charge < -0.3 is 15.3 Å². The van der Waals surface area contributed by atoms with Gasteiger partial charge in [0.25, 0.3) is 15.9 Å². The van der Waals surface area contributed by atoms with Crippen molar-refractivity contribution in [2.75, 3.05) is 11.9 Å². The number of pyridine rings is 3. The van der Waals surface area contributed by atoms with Gasteiger partial charge in [-0.1, -0.05) is 57.2 Å². The zero-order valence-electron chi connectivity index (χ0n) is 29.2. The predicted octanol–water partition coefficient (Wildman–Crippen LogP) is 6.87. The van der Waals surface area contributed by atoms with Crippen LogP contribution in [0.3, 0.4) is 0 Å². The van der Waals surface area contributed by atoms with Gasteiger partial charge in [0.2, 0.25) is 11.9 Å². The van der Waals surface area contributed by atoms with Crippen LogP contribution < -0.4 is 10.0 Å². The highest BCUT2D eigenvalue weighted by atomic mass is 32.2. The standard InChI is InChI=1S/C37H42F2N6O5S/c1-36(2,3)26-16-17-40-29(20-26)28(15-14-24-21-37(4,5)45(22-24)35(47)48)41-30-12-9-13-31(42-30)51(49,50)44-34(46)27-19-25(32(38)43-33(27)39)18-23-10-7-6-8-11-23/h6-13,16-17,19-20,24,28H,14-15,18,21-22H2,1-5H3,(H,41,42)(H,44,46)(H,47,48)/t24-,28?/m0/s1. The van der Waals surface area contributed by atoms with Crippen LogP contribution in [-0.2, 0) is 21.9 Å². The van der Waals surface area contributed by atoms with E-state index >= 15 is 0 Å². The quantitative estimate of drug-likeness (QED) is 0.141. The lowest BCUT2D eigenvalue weighted by atomic mass is 9.86. The van der Waals surface area contributed by atoms with Crippen LogP contribution in [0.4, 0.5) is 19.4 Å². The Morgan fingerprint density at radius 3 is 2.41 bits per heavy atom. The van der Waals surface area contributed by atoms with E-state index in [0.29, 0.717) is 37.1 Å². The highest BCUT2D eigenvalue weighted by Crippen LogP contribution is 2.37. The molecular weight excluding hydrogens is 679 g/mol. The van der Waals surface area contributed by atoms with Crippen LogP contribution in [0.5, 0.6) is 0 Å². The Labute approximate surface area is 296 Å². The van der Waals surface area contributed by atoms with E-state index in [1.54, 1.807) is 42.6 Å². The van der Waals surface area contributed by atoms with E-state index in [1.165, 1.54) is 17.0 Å². The maximum atomic E-state index is 14.7. The van der Waals surface area contributed by atoms with Crippen molar-refractivity contribution < 1.29 is 31.9 Å². The number of likely N-dealkylation sites (tertiary alicyclic amines) is 1. The third-order valence-electron chi connectivity index (χ3n) is 9.09. The fourth-order valence-corrected chi connectivity index (χ4v) is 7.32. The lowest BCUT2D eigenvalue weighted by Gasteiger charge is -2.28.